The van der Waals surface area contributed by atoms with Gasteiger partial charge in [-0.05, 0) is 25.1 Å². The fourth-order valence-corrected chi connectivity index (χ4v) is 3.76. The van der Waals surface area contributed by atoms with Gasteiger partial charge in [-0.25, -0.2) is 4.99 Å². The number of aliphatic imine (C=N–C) groups is 1. The number of guanidine groups is 1. The maximum atomic E-state index is 12.1. The predicted octanol–water partition coefficient (Wildman–Crippen LogP) is 1.29. The molecule has 0 spiro atoms. The molecule has 1 amide bonds. The zero-order chi connectivity index (χ0) is 21.9. The van der Waals surface area contributed by atoms with Crippen molar-refractivity contribution in [3.05, 3.63) is 30.3 Å². The molecule has 8 nitrogen and oxygen atoms in total. The van der Waals surface area contributed by atoms with Gasteiger partial charge >= 0.3 is 0 Å². The lowest BCUT2D eigenvalue weighted by Gasteiger charge is -2.34. The van der Waals surface area contributed by atoms with Gasteiger partial charge in [-0.3, -0.25) is 9.69 Å². The van der Waals surface area contributed by atoms with E-state index in [1.165, 1.54) is 0 Å². The van der Waals surface area contributed by atoms with Crippen molar-refractivity contribution in [1.29, 1.82) is 0 Å². The molecule has 8 heteroatoms. The van der Waals surface area contributed by atoms with Crippen LogP contribution in [0.15, 0.2) is 35.3 Å². The molecule has 2 heterocycles. The molecule has 0 saturated carbocycles. The van der Waals surface area contributed by atoms with Crippen LogP contribution >= 0.6 is 0 Å². The Balaban J connectivity index is 1.48. The van der Waals surface area contributed by atoms with Gasteiger partial charge in [0.25, 0.3) is 0 Å². The van der Waals surface area contributed by atoms with Gasteiger partial charge in [-0.15, -0.1) is 0 Å². The van der Waals surface area contributed by atoms with Crippen molar-refractivity contribution in [1.82, 2.24) is 20.0 Å². The van der Waals surface area contributed by atoms with Crippen molar-refractivity contribution < 1.29 is 14.3 Å². The minimum absolute atomic E-state index is 0.00918. The summed E-state index contributed by atoms with van der Waals surface area (Å²) in [5.74, 6) is 1.76. The van der Waals surface area contributed by atoms with Gasteiger partial charge in [0.1, 0.15) is 18.4 Å². The second kappa shape index (κ2) is 12.5. The van der Waals surface area contributed by atoms with Gasteiger partial charge in [0.15, 0.2) is 5.96 Å². The zero-order valence-electron chi connectivity index (χ0n) is 19.0. The topological polar surface area (TPSA) is 69.6 Å². The molecule has 0 bridgehead atoms. The predicted molar refractivity (Wildman–Crippen MR) is 123 cm³/mol. The van der Waals surface area contributed by atoms with Gasteiger partial charge in [0.05, 0.1) is 13.2 Å². The summed E-state index contributed by atoms with van der Waals surface area (Å²) in [6, 6.07) is 10.00. The Morgan fingerprint density at radius 1 is 1.16 bits per heavy atom. The highest BCUT2D eigenvalue weighted by Crippen LogP contribution is 2.18. The van der Waals surface area contributed by atoms with Crippen molar-refractivity contribution >= 4 is 11.9 Å². The van der Waals surface area contributed by atoms with Crippen molar-refractivity contribution in [3.8, 4) is 5.75 Å². The molecule has 0 atom stereocenters. The molecule has 2 fully saturated rings. The fourth-order valence-electron chi connectivity index (χ4n) is 3.76. The molecule has 1 N–H and O–H groups in total. The quantitative estimate of drug-likeness (QED) is 0.380. The second-order valence-corrected chi connectivity index (χ2v) is 8.28. The number of amides is 1. The smallest absolute Gasteiger partial charge is 0.243 e. The van der Waals surface area contributed by atoms with Gasteiger partial charge in [-0.2, -0.15) is 0 Å². The number of likely N-dealkylation sites (N-methyl/N-ethyl adjacent to an activating group) is 1. The van der Waals surface area contributed by atoms with Crippen LogP contribution in [0.4, 0.5) is 0 Å². The summed E-state index contributed by atoms with van der Waals surface area (Å²) in [6.07, 6.45) is 3.12. The van der Waals surface area contributed by atoms with E-state index < -0.39 is 0 Å². The molecule has 0 unspecified atom stereocenters. The summed E-state index contributed by atoms with van der Waals surface area (Å²) >= 11 is 0. The van der Waals surface area contributed by atoms with Crippen LogP contribution in [0.25, 0.3) is 0 Å². The zero-order valence-corrected chi connectivity index (χ0v) is 19.0. The molecule has 0 radical (unpaired) electrons. The minimum atomic E-state index is 0.00918. The van der Waals surface area contributed by atoms with Crippen LogP contribution in [0, 0.1) is 0 Å². The Bertz CT molecular complexity index is 684. The third-order valence-corrected chi connectivity index (χ3v) is 5.69. The highest BCUT2D eigenvalue weighted by Gasteiger charge is 2.23. The summed E-state index contributed by atoms with van der Waals surface area (Å²) in [5, 5.41) is 3.49. The lowest BCUT2D eigenvalue weighted by Crippen LogP contribution is -2.48. The molecule has 1 aromatic carbocycles. The van der Waals surface area contributed by atoms with Crippen LogP contribution < -0.4 is 10.1 Å². The standard InChI is InChI=1S/C23H37N5O3/c1-26(2)22(29)19-25-23(24-11-6-12-27-15-17-30-18-16-27)28-13-9-21(10-14-28)31-20-7-4-3-5-8-20/h3-5,7-8,21H,6,9-19H2,1-2H3,(H,24,25). The number of ether oxygens (including phenoxy) is 2. The van der Waals surface area contributed by atoms with E-state index >= 15 is 0 Å². The number of hydrogen-bond acceptors (Lipinski definition) is 5. The number of hydrogen-bond donors (Lipinski definition) is 1. The lowest BCUT2D eigenvalue weighted by atomic mass is 10.1. The van der Waals surface area contributed by atoms with E-state index in [9.17, 15) is 4.79 Å². The highest BCUT2D eigenvalue weighted by atomic mass is 16.5. The molecule has 0 aliphatic carbocycles. The first kappa shape index (κ1) is 23.3. The van der Waals surface area contributed by atoms with E-state index in [-0.39, 0.29) is 18.6 Å². The molecular weight excluding hydrogens is 394 g/mol. The largest absolute Gasteiger partial charge is 0.490 e. The first-order valence-electron chi connectivity index (χ1n) is 11.4. The number of benzene rings is 1. The number of piperidine rings is 1. The number of nitrogens with zero attached hydrogens (tertiary/aromatic N) is 4. The third kappa shape index (κ3) is 8.03. The Morgan fingerprint density at radius 3 is 2.55 bits per heavy atom. The number of morpholine rings is 1. The SMILES string of the molecule is CN(C)C(=O)CN=C(NCCCN1CCOCC1)N1CCC(Oc2ccccc2)CC1. The summed E-state index contributed by atoms with van der Waals surface area (Å²) in [6.45, 7) is 7.45. The molecule has 3 rings (SSSR count). The molecular formula is C23H37N5O3. The van der Waals surface area contributed by atoms with E-state index in [1.807, 2.05) is 30.3 Å². The van der Waals surface area contributed by atoms with E-state index in [2.05, 4.69) is 20.1 Å². The number of para-hydroxylation sites is 1. The van der Waals surface area contributed by atoms with Crippen LogP contribution in [0.5, 0.6) is 5.75 Å². The minimum Gasteiger partial charge on any atom is -0.490 e. The highest BCUT2D eigenvalue weighted by molar-refractivity contribution is 5.84. The van der Waals surface area contributed by atoms with Gasteiger partial charge in [0, 0.05) is 59.7 Å². The number of carbonyl (C=O) groups excluding carboxylic acids is 1. The van der Waals surface area contributed by atoms with Crippen molar-refractivity contribution in [2.75, 3.05) is 73.1 Å². The maximum Gasteiger partial charge on any atom is 0.243 e. The molecule has 172 valence electrons. The molecule has 2 aliphatic heterocycles. The van der Waals surface area contributed by atoms with E-state index in [4.69, 9.17) is 9.47 Å². The number of rotatable bonds is 8. The monoisotopic (exact) mass is 431 g/mol. The third-order valence-electron chi connectivity index (χ3n) is 5.69. The average molecular weight is 432 g/mol. The van der Waals surface area contributed by atoms with Gasteiger partial charge in [0.2, 0.25) is 5.91 Å². The van der Waals surface area contributed by atoms with Crippen LogP contribution in [-0.4, -0.2) is 106 Å². The van der Waals surface area contributed by atoms with Gasteiger partial charge in [-0.1, -0.05) is 18.2 Å². The molecule has 1 aromatic rings. The lowest BCUT2D eigenvalue weighted by molar-refractivity contribution is -0.127. The Hall–Kier alpha value is -2.32. The van der Waals surface area contributed by atoms with Crippen molar-refractivity contribution in [2.45, 2.75) is 25.4 Å². The molecule has 2 aliphatic rings. The Morgan fingerprint density at radius 2 is 1.87 bits per heavy atom. The first-order valence-corrected chi connectivity index (χ1v) is 11.4. The second-order valence-electron chi connectivity index (χ2n) is 8.28. The molecule has 2 saturated heterocycles. The maximum absolute atomic E-state index is 12.1. The number of nitrogens with one attached hydrogen (secondary N) is 1. The van der Waals surface area contributed by atoms with Crippen LogP contribution in [0.1, 0.15) is 19.3 Å². The van der Waals surface area contributed by atoms with E-state index in [0.29, 0.717) is 0 Å². The van der Waals surface area contributed by atoms with Crippen LogP contribution in [0.3, 0.4) is 0 Å². The van der Waals surface area contributed by atoms with E-state index in [1.54, 1.807) is 19.0 Å². The average Bonchev–Trinajstić information content (AvgIpc) is 2.80. The Labute approximate surface area is 186 Å². The van der Waals surface area contributed by atoms with Gasteiger partial charge < -0.3 is 24.6 Å². The van der Waals surface area contributed by atoms with Crippen LogP contribution in [-0.2, 0) is 9.53 Å². The summed E-state index contributed by atoms with van der Waals surface area (Å²) in [5.41, 5.74) is 0. The first-order chi connectivity index (χ1) is 15.1. The molecule has 0 aromatic heterocycles. The summed E-state index contributed by atoms with van der Waals surface area (Å²) in [4.78, 5) is 23.0. The Kier molecular flexibility index (Phi) is 9.42. The normalized spacial score (nSPS) is 18.6. The van der Waals surface area contributed by atoms with E-state index in [0.717, 1.165) is 83.5 Å². The molecule has 31 heavy (non-hydrogen) atoms. The van der Waals surface area contributed by atoms with Crippen molar-refractivity contribution in [2.24, 2.45) is 4.99 Å². The summed E-state index contributed by atoms with van der Waals surface area (Å²) in [7, 11) is 3.53. The number of likely N-dealkylation sites (tertiary alicyclic amines) is 1. The van der Waals surface area contributed by atoms with Crippen LogP contribution in [0.2, 0.25) is 0 Å². The van der Waals surface area contributed by atoms with Crippen molar-refractivity contribution in [3.63, 3.8) is 0 Å². The summed E-state index contributed by atoms with van der Waals surface area (Å²) < 4.78 is 11.5. The fraction of sp³-hybridized carbons (Fsp3) is 0.652. The number of carbonyl (C=O) groups is 1.